The van der Waals surface area contributed by atoms with Crippen molar-refractivity contribution in [2.45, 2.75) is 19.4 Å². The minimum absolute atomic E-state index is 0.154. The van der Waals surface area contributed by atoms with Gasteiger partial charge in [-0.3, -0.25) is 9.78 Å². The number of carbonyl (C=O) groups is 1. The molecule has 0 bridgehead atoms. The average molecular weight is 376 g/mol. The summed E-state index contributed by atoms with van der Waals surface area (Å²) in [6, 6.07) is 15.6. The Balaban J connectivity index is 1.33. The van der Waals surface area contributed by atoms with Crippen LogP contribution in [0.5, 0.6) is 0 Å². The molecular formula is C22H17FN2O3. The van der Waals surface area contributed by atoms with E-state index in [9.17, 15) is 9.18 Å². The molecule has 0 aliphatic rings. The highest BCUT2D eigenvalue weighted by molar-refractivity contribution is 5.81. The van der Waals surface area contributed by atoms with Crippen molar-refractivity contribution < 1.29 is 18.3 Å². The van der Waals surface area contributed by atoms with E-state index in [4.69, 9.17) is 9.15 Å². The van der Waals surface area contributed by atoms with E-state index in [1.54, 1.807) is 24.5 Å². The summed E-state index contributed by atoms with van der Waals surface area (Å²) in [5, 5.41) is 1.00. The summed E-state index contributed by atoms with van der Waals surface area (Å²) >= 11 is 0. The maximum atomic E-state index is 13.0. The molecule has 0 N–H and O–H groups in total. The first-order chi connectivity index (χ1) is 13.7. The second-order valence-electron chi connectivity index (χ2n) is 6.28. The number of fused-ring (bicyclic) bond motifs is 1. The Morgan fingerprint density at radius 3 is 2.71 bits per heavy atom. The molecule has 2 aromatic heterocycles. The van der Waals surface area contributed by atoms with Gasteiger partial charge in [0.25, 0.3) is 0 Å². The summed E-state index contributed by atoms with van der Waals surface area (Å²) in [6.07, 6.45) is 3.76. The molecule has 2 heterocycles. The van der Waals surface area contributed by atoms with Gasteiger partial charge in [0.05, 0.1) is 18.1 Å². The molecule has 0 fully saturated rings. The van der Waals surface area contributed by atoms with E-state index in [1.807, 2.05) is 30.3 Å². The van der Waals surface area contributed by atoms with Crippen molar-refractivity contribution in [3.05, 3.63) is 84.3 Å². The normalized spacial score (nSPS) is 10.9. The summed E-state index contributed by atoms with van der Waals surface area (Å²) in [5.41, 5.74) is 2.42. The van der Waals surface area contributed by atoms with Crippen molar-refractivity contribution >= 4 is 16.9 Å². The second kappa shape index (κ2) is 8.00. The smallest absolute Gasteiger partial charge is 0.306 e. The van der Waals surface area contributed by atoms with Crippen LogP contribution >= 0.6 is 0 Å². The number of esters is 1. The van der Waals surface area contributed by atoms with Crippen LogP contribution in [-0.4, -0.2) is 15.9 Å². The monoisotopic (exact) mass is 376 g/mol. The zero-order valence-corrected chi connectivity index (χ0v) is 15.0. The van der Waals surface area contributed by atoms with Crippen LogP contribution in [0.2, 0.25) is 0 Å². The molecule has 4 rings (SSSR count). The number of para-hydroxylation sites is 1. The molecule has 0 aliphatic heterocycles. The SMILES string of the molecule is O=C(CCc1ncc(-c2ccc(F)cc2)o1)OCc1cccc2cccnc12. The molecule has 0 radical (unpaired) electrons. The molecule has 28 heavy (non-hydrogen) atoms. The third-order valence-electron chi connectivity index (χ3n) is 4.33. The maximum absolute atomic E-state index is 13.0. The largest absolute Gasteiger partial charge is 0.461 e. The highest BCUT2D eigenvalue weighted by Gasteiger charge is 2.11. The molecule has 0 amide bonds. The predicted molar refractivity (Wildman–Crippen MR) is 102 cm³/mol. The van der Waals surface area contributed by atoms with Crippen LogP contribution in [0.3, 0.4) is 0 Å². The lowest BCUT2D eigenvalue weighted by Crippen LogP contribution is -2.06. The molecule has 0 spiro atoms. The van der Waals surface area contributed by atoms with Crippen LogP contribution in [0.4, 0.5) is 4.39 Å². The lowest BCUT2D eigenvalue weighted by molar-refractivity contribution is -0.144. The maximum Gasteiger partial charge on any atom is 0.306 e. The Morgan fingerprint density at radius 2 is 1.86 bits per heavy atom. The van der Waals surface area contributed by atoms with Crippen LogP contribution in [-0.2, 0) is 22.6 Å². The average Bonchev–Trinajstić information content (AvgIpc) is 3.20. The fourth-order valence-electron chi connectivity index (χ4n) is 2.90. The molecule has 5 nitrogen and oxygen atoms in total. The number of halogens is 1. The molecule has 6 heteroatoms. The standard InChI is InChI=1S/C22H17FN2O3/c23-18-8-6-15(7-9-18)19-13-25-20(28-19)10-11-21(26)27-14-17-4-1-3-16-5-2-12-24-22(16)17/h1-9,12-13H,10-11,14H2. The topological polar surface area (TPSA) is 65.2 Å². The van der Waals surface area contributed by atoms with Crippen LogP contribution in [0.1, 0.15) is 17.9 Å². The minimum atomic E-state index is -0.338. The summed E-state index contributed by atoms with van der Waals surface area (Å²) in [4.78, 5) is 20.6. The minimum Gasteiger partial charge on any atom is -0.461 e. The Morgan fingerprint density at radius 1 is 1.04 bits per heavy atom. The lowest BCUT2D eigenvalue weighted by atomic mass is 10.1. The van der Waals surface area contributed by atoms with E-state index >= 15 is 0 Å². The van der Waals surface area contributed by atoms with Gasteiger partial charge in [0.1, 0.15) is 12.4 Å². The first-order valence-corrected chi connectivity index (χ1v) is 8.88. The van der Waals surface area contributed by atoms with Gasteiger partial charge >= 0.3 is 5.97 Å². The van der Waals surface area contributed by atoms with Crippen molar-refractivity contribution in [3.8, 4) is 11.3 Å². The zero-order chi connectivity index (χ0) is 19.3. The van der Waals surface area contributed by atoms with Crippen molar-refractivity contribution in [1.82, 2.24) is 9.97 Å². The number of aromatic nitrogens is 2. The highest BCUT2D eigenvalue weighted by atomic mass is 19.1. The molecule has 0 saturated heterocycles. The fourth-order valence-corrected chi connectivity index (χ4v) is 2.90. The predicted octanol–water partition coefficient (Wildman–Crippen LogP) is 4.70. The van der Waals surface area contributed by atoms with Crippen LogP contribution in [0, 0.1) is 5.82 Å². The summed E-state index contributed by atoms with van der Waals surface area (Å²) in [6.45, 7) is 0.166. The quantitative estimate of drug-likeness (QED) is 0.456. The molecule has 2 aromatic carbocycles. The molecule has 0 atom stereocenters. The Kier molecular flexibility index (Phi) is 5.10. The van der Waals surface area contributed by atoms with Gasteiger partial charge in [-0.25, -0.2) is 9.37 Å². The number of nitrogens with zero attached hydrogens (tertiary/aromatic N) is 2. The number of rotatable bonds is 6. The van der Waals surface area contributed by atoms with Crippen molar-refractivity contribution in [2.24, 2.45) is 0 Å². The first kappa shape index (κ1) is 17.9. The number of pyridine rings is 1. The van der Waals surface area contributed by atoms with Crippen LogP contribution < -0.4 is 0 Å². The van der Waals surface area contributed by atoms with Gasteiger partial charge in [-0.05, 0) is 30.3 Å². The highest BCUT2D eigenvalue weighted by Crippen LogP contribution is 2.21. The van der Waals surface area contributed by atoms with E-state index in [0.29, 0.717) is 18.1 Å². The summed E-state index contributed by atoms with van der Waals surface area (Å²) < 4.78 is 24.0. The number of benzene rings is 2. The van der Waals surface area contributed by atoms with Gasteiger partial charge in [-0.2, -0.15) is 0 Å². The summed E-state index contributed by atoms with van der Waals surface area (Å²) in [5.74, 6) is 0.315. The Labute approximate surface area is 160 Å². The van der Waals surface area contributed by atoms with Crippen molar-refractivity contribution in [2.75, 3.05) is 0 Å². The molecule has 0 unspecified atom stereocenters. The Hall–Kier alpha value is -3.54. The van der Waals surface area contributed by atoms with E-state index in [1.165, 1.54) is 12.1 Å². The number of hydrogen-bond donors (Lipinski definition) is 0. The molecule has 0 saturated carbocycles. The van der Waals surface area contributed by atoms with Gasteiger partial charge in [-0.15, -0.1) is 0 Å². The number of carbonyl (C=O) groups excluding carboxylic acids is 1. The van der Waals surface area contributed by atoms with Gasteiger partial charge in [-0.1, -0.05) is 24.3 Å². The zero-order valence-electron chi connectivity index (χ0n) is 15.0. The van der Waals surface area contributed by atoms with Crippen molar-refractivity contribution in [1.29, 1.82) is 0 Å². The van der Waals surface area contributed by atoms with E-state index in [-0.39, 0.29) is 24.8 Å². The van der Waals surface area contributed by atoms with E-state index < -0.39 is 0 Å². The third kappa shape index (κ3) is 4.06. The lowest BCUT2D eigenvalue weighted by Gasteiger charge is -2.07. The van der Waals surface area contributed by atoms with E-state index in [2.05, 4.69) is 9.97 Å². The first-order valence-electron chi connectivity index (χ1n) is 8.88. The van der Waals surface area contributed by atoms with Crippen LogP contribution in [0.25, 0.3) is 22.2 Å². The number of aryl methyl sites for hydroxylation is 1. The van der Waals surface area contributed by atoms with Gasteiger partial charge in [0.2, 0.25) is 0 Å². The molecule has 0 aliphatic carbocycles. The van der Waals surface area contributed by atoms with Crippen LogP contribution in [0.15, 0.2) is 71.4 Å². The van der Waals surface area contributed by atoms with E-state index in [0.717, 1.165) is 22.0 Å². The summed E-state index contributed by atoms with van der Waals surface area (Å²) in [7, 11) is 0. The Bertz CT molecular complexity index is 1100. The molecule has 4 aromatic rings. The third-order valence-corrected chi connectivity index (χ3v) is 4.33. The number of hydrogen-bond acceptors (Lipinski definition) is 5. The van der Waals surface area contributed by atoms with Gasteiger partial charge < -0.3 is 9.15 Å². The second-order valence-corrected chi connectivity index (χ2v) is 6.28. The number of ether oxygens (including phenoxy) is 1. The fraction of sp³-hybridized carbons (Fsp3) is 0.136. The van der Waals surface area contributed by atoms with Gasteiger partial charge in [0.15, 0.2) is 11.7 Å². The van der Waals surface area contributed by atoms with Gasteiger partial charge in [0, 0.05) is 29.1 Å². The number of oxazole rings is 1. The molecular weight excluding hydrogens is 359 g/mol. The van der Waals surface area contributed by atoms with Crippen molar-refractivity contribution in [3.63, 3.8) is 0 Å². The molecule has 140 valence electrons.